The second kappa shape index (κ2) is 8.91. The molecule has 2 aromatic rings. The monoisotopic (exact) mass is 479 g/mol. The highest BCUT2D eigenvalue weighted by molar-refractivity contribution is 8.18. The summed E-state index contributed by atoms with van der Waals surface area (Å²) in [6, 6.07) is 10.3. The fourth-order valence-corrected chi connectivity index (χ4v) is 5.92. The van der Waals surface area contributed by atoms with Gasteiger partial charge in [-0.1, -0.05) is 19.1 Å². The molecule has 1 fully saturated rings. The largest absolute Gasteiger partial charge is 0.366 e. The number of benzene rings is 2. The first-order valence-corrected chi connectivity index (χ1v) is 12.2. The van der Waals surface area contributed by atoms with Gasteiger partial charge in [-0.05, 0) is 92.3 Å². The maximum Gasteiger partial charge on any atom is 0.293 e. The van der Waals surface area contributed by atoms with Gasteiger partial charge in [-0.15, -0.1) is 0 Å². The molecule has 2 aromatic carbocycles. The third-order valence-corrected chi connectivity index (χ3v) is 7.65. The Hall–Kier alpha value is -3.13. The number of fused-ring (bicyclic) bond motifs is 1. The summed E-state index contributed by atoms with van der Waals surface area (Å²) in [5.74, 6) is 0.0487. The summed E-state index contributed by atoms with van der Waals surface area (Å²) in [4.78, 5) is 40.1. The van der Waals surface area contributed by atoms with E-state index < -0.39 is 4.92 Å². The average molecular weight is 480 g/mol. The Labute approximate surface area is 204 Å². The van der Waals surface area contributed by atoms with E-state index in [1.54, 1.807) is 12.1 Å². The van der Waals surface area contributed by atoms with E-state index in [4.69, 9.17) is 0 Å². The number of non-ortho nitro benzene ring substituents is 1. The highest BCUT2D eigenvalue weighted by Crippen LogP contribution is 2.45. The zero-order valence-electron chi connectivity index (χ0n) is 20.1. The smallest absolute Gasteiger partial charge is 0.293 e. The molecule has 1 unspecified atom stereocenters. The minimum absolute atomic E-state index is 0.0278. The Morgan fingerprint density at radius 2 is 1.88 bits per heavy atom. The average Bonchev–Trinajstić information content (AvgIpc) is 3.02. The molecule has 4 rings (SSSR count). The van der Waals surface area contributed by atoms with Gasteiger partial charge in [0, 0.05) is 29.9 Å². The highest BCUT2D eigenvalue weighted by Gasteiger charge is 2.37. The zero-order chi connectivity index (χ0) is 24.8. The van der Waals surface area contributed by atoms with Crippen molar-refractivity contribution in [2.75, 3.05) is 11.4 Å². The lowest BCUT2D eigenvalue weighted by Crippen LogP contribution is -2.48. The van der Waals surface area contributed by atoms with Gasteiger partial charge in [0.15, 0.2) is 0 Å². The van der Waals surface area contributed by atoms with Crippen LogP contribution in [-0.2, 0) is 11.3 Å². The lowest BCUT2D eigenvalue weighted by molar-refractivity contribution is -0.384. The number of nitro benzene ring substituents is 1. The third-order valence-electron chi connectivity index (χ3n) is 6.74. The molecule has 0 N–H and O–H groups in total. The molecule has 2 aliphatic rings. The third kappa shape index (κ3) is 4.34. The van der Waals surface area contributed by atoms with Crippen LogP contribution in [0.15, 0.2) is 41.3 Å². The summed E-state index contributed by atoms with van der Waals surface area (Å²) in [7, 11) is 0. The number of hydrogen-bond donors (Lipinski definition) is 0. The van der Waals surface area contributed by atoms with E-state index in [1.165, 1.54) is 28.3 Å². The normalized spacial score (nSPS) is 20.7. The van der Waals surface area contributed by atoms with Crippen molar-refractivity contribution in [2.24, 2.45) is 0 Å². The van der Waals surface area contributed by atoms with Crippen LogP contribution in [0, 0.1) is 17.0 Å². The maximum absolute atomic E-state index is 13.0. The Kier molecular flexibility index (Phi) is 6.29. The predicted octanol–water partition coefficient (Wildman–Crippen LogP) is 6.25. The summed E-state index contributed by atoms with van der Waals surface area (Å²) in [5, 5.41) is 10.5. The number of aryl methyl sites for hydroxylation is 1. The van der Waals surface area contributed by atoms with Crippen molar-refractivity contribution in [1.29, 1.82) is 0 Å². The van der Waals surface area contributed by atoms with Gasteiger partial charge >= 0.3 is 0 Å². The van der Waals surface area contributed by atoms with Crippen LogP contribution in [0.2, 0.25) is 0 Å². The molecule has 34 heavy (non-hydrogen) atoms. The molecule has 2 aliphatic heterocycles. The number of hydrogen-bond acceptors (Lipinski definition) is 6. The van der Waals surface area contributed by atoms with Gasteiger partial charge in [0.25, 0.3) is 16.8 Å². The van der Waals surface area contributed by atoms with Gasteiger partial charge < -0.3 is 4.90 Å². The minimum atomic E-state index is -0.477. The number of carbonyl (C=O) groups is 2. The molecule has 0 aromatic heterocycles. The number of rotatable bonds is 5. The maximum atomic E-state index is 13.0. The van der Waals surface area contributed by atoms with Crippen LogP contribution in [0.25, 0.3) is 6.08 Å². The van der Waals surface area contributed by atoms with E-state index in [9.17, 15) is 19.7 Å². The topological polar surface area (TPSA) is 83.8 Å². The van der Waals surface area contributed by atoms with Crippen LogP contribution in [0.4, 0.5) is 16.2 Å². The van der Waals surface area contributed by atoms with Gasteiger partial charge in [-0.2, -0.15) is 0 Å². The molecule has 0 spiro atoms. The summed E-state index contributed by atoms with van der Waals surface area (Å²) in [6.07, 6.45) is 2.86. The summed E-state index contributed by atoms with van der Waals surface area (Å²) < 4.78 is 0. The van der Waals surface area contributed by atoms with E-state index in [0.29, 0.717) is 16.4 Å². The first kappa shape index (κ1) is 24.0. The quantitative estimate of drug-likeness (QED) is 0.286. The highest BCUT2D eigenvalue weighted by atomic mass is 32.2. The number of imide groups is 1. The molecular formula is C26H29N3O4S. The summed E-state index contributed by atoms with van der Waals surface area (Å²) in [6.45, 7) is 12.0. The second-order valence-corrected chi connectivity index (χ2v) is 10.6. The number of nitrogens with zero attached hydrogens (tertiary/aromatic N) is 3. The number of thioether (sulfide) groups is 1. The number of nitro groups is 1. The molecule has 2 heterocycles. The molecule has 8 heteroatoms. The Morgan fingerprint density at radius 1 is 1.21 bits per heavy atom. The van der Waals surface area contributed by atoms with Crippen molar-refractivity contribution < 1.29 is 14.5 Å². The van der Waals surface area contributed by atoms with E-state index in [1.807, 2.05) is 13.0 Å². The van der Waals surface area contributed by atoms with Crippen molar-refractivity contribution in [3.63, 3.8) is 0 Å². The zero-order valence-corrected chi connectivity index (χ0v) is 20.9. The lowest BCUT2D eigenvalue weighted by Gasteiger charge is -2.47. The SMILES string of the molecule is CCN1c2cc(C)c(/C=C3/SC(=O)N(Cc4ccc([N+](=O)[O-])cc4)C3=O)cc2C(C)CC1(C)C. The molecule has 1 saturated heterocycles. The Morgan fingerprint density at radius 3 is 2.50 bits per heavy atom. The van der Waals surface area contributed by atoms with Crippen LogP contribution in [0.5, 0.6) is 0 Å². The fourth-order valence-electron chi connectivity index (χ4n) is 5.09. The standard InChI is InChI=1S/C26H29N3O4S/c1-6-28-22-11-16(2)19(12-21(22)17(3)14-26(28,4)5)13-23-24(30)27(25(31)34-23)15-18-7-9-20(10-8-18)29(32)33/h7-13,17H,6,14-15H2,1-5H3/b23-13+. The molecule has 0 saturated carbocycles. The van der Waals surface area contributed by atoms with E-state index >= 15 is 0 Å². The summed E-state index contributed by atoms with van der Waals surface area (Å²) >= 11 is 0.936. The molecule has 2 amide bonds. The molecule has 178 valence electrons. The van der Waals surface area contributed by atoms with Crippen molar-refractivity contribution >= 4 is 40.4 Å². The first-order valence-electron chi connectivity index (χ1n) is 11.4. The van der Waals surface area contributed by atoms with Gasteiger partial charge in [-0.25, -0.2) is 0 Å². The van der Waals surface area contributed by atoms with Crippen LogP contribution in [0.1, 0.15) is 62.3 Å². The van der Waals surface area contributed by atoms with Crippen molar-refractivity contribution in [3.8, 4) is 0 Å². The Bertz CT molecular complexity index is 1200. The minimum Gasteiger partial charge on any atom is -0.366 e. The lowest BCUT2D eigenvalue weighted by atomic mass is 9.79. The molecule has 7 nitrogen and oxygen atoms in total. The van der Waals surface area contributed by atoms with Gasteiger partial charge in [0.2, 0.25) is 0 Å². The van der Waals surface area contributed by atoms with E-state index in [2.05, 4.69) is 44.7 Å². The molecule has 0 radical (unpaired) electrons. The predicted molar refractivity (Wildman–Crippen MR) is 136 cm³/mol. The number of amides is 2. The molecule has 0 bridgehead atoms. The van der Waals surface area contributed by atoms with E-state index in [-0.39, 0.29) is 28.9 Å². The van der Waals surface area contributed by atoms with Gasteiger partial charge in [0.05, 0.1) is 16.4 Å². The van der Waals surface area contributed by atoms with E-state index in [0.717, 1.165) is 35.9 Å². The molecule has 1 atom stereocenters. The van der Waals surface area contributed by atoms with Crippen LogP contribution < -0.4 is 4.90 Å². The van der Waals surface area contributed by atoms with Crippen LogP contribution in [0.3, 0.4) is 0 Å². The summed E-state index contributed by atoms with van der Waals surface area (Å²) in [5.41, 5.74) is 5.23. The number of anilines is 1. The molecular weight excluding hydrogens is 450 g/mol. The van der Waals surface area contributed by atoms with Crippen molar-refractivity contribution in [2.45, 2.75) is 59.0 Å². The Balaban J connectivity index is 1.61. The molecule has 0 aliphatic carbocycles. The van der Waals surface area contributed by atoms with Gasteiger partial charge in [-0.3, -0.25) is 24.6 Å². The fraction of sp³-hybridized carbons (Fsp3) is 0.385. The van der Waals surface area contributed by atoms with Crippen molar-refractivity contribution in [1.82, 2.24) is 4.90 Å². The number of carbonyl (C=O) groups excluding carboxylic acids is 2. The van der Waals surface area contributed by atoms with Crippen LogP contribution >= 0.6 is 11.8 Å². The van der Waals surface area contributed by atoms with Gasteiger partial charge in [0.1, 0.15) is 0 Å². The van der Waals surface area contributed by atoms with Crippen molar-refractivity contribution in [3.05, 3.63) is 73.7 Å². The first-order chi connectivity index (χ1) is 16.0. The second-order valence-electron chi connectivity index (χ2n) is 9.62. The van der Waals surface area contributed by atoms with Crippen LogP contribution in [-0.4, -0.2) is 33.1 Å².